The van der Waals surface area contributed by atoms with Gasteiger partial charge in [0.1, 0.15) is 0 Å². The van der Waals surface area contributed by atoms with E-state index in [1.807, 2.05) is 25.1 Å². The molecule has 1 aromatic rings. The number of hydrogen-bond acceptors (Lipinski definition) is 4. The summed E-state index contributed by atoms with van der Waals surface area (Å²) in [6, 6.07) is 6.01. The first-order chi connectivity index (χ1) is 9.47. The lowest BCUT2D eigenvalue weighted by Gasteiger charge is -2.61. The predicted molar refractivity (Wildman–Crippen MR) is 79.4 cm³/mol. The maximum atomic E-state index is 9.92. The Morgan fingerprint density at radius 1 is 1.50 bits per heavy atom. The van der Waals surface area contributed by atoms with Gasteiger partial charge in [-0.15, -0.1) is 0 Å². The Balaban J connectivity index is 2.10. The zero-order valence-electron chi connectivity index (χ0n) is 12.9. The Hall–Kier alpha value is -0.970. The van der Waals surface area contributed by atoms with Crippen LogP contribution in [0.3, 0.4) is 0 Å². The first kappa shape index (κ1) is 15.4. The van der Waals surface area contributed by atoms with E-state index in [1.165, 1.54) is 0 Å². The van der Waals surface area contributed by atoms with Crippen LogP contribution in [-0.4, -0.2) is 34.9 Å². The third kappa shape index (κ3) is 2.48. The molecule has 1 saturated carbocycles. The zero-order valence-corrected chi connectivity index (χ0v) is 12.9. The second-order valence-corrected chi connectivity index (χ2v) is 6.23. The molecule has 3 atom stereocenters. The lowest BCUT2D eigenvalue weighted by atomic mass is 9.54. The van der Waals surface area contributed by atoms with Crippen LogP contribution in [-0.2, 0) is 4.74 Å². The van der Waals surface area contributed by atoms with Gasteiger partial charge in [0.25, 0.3) is 0 Å². The van der Waals surface area contributed by atoms with Gasteiger partial charge in [-0.05, 0) is 32.4 Å². The molecule has 0 aliphatic heterocycles. The normalized spacial score (nSPS) is 29.8. The maximum absolute atomic E-state index is 9.92. The number of nitrogens with one attached hydrogen (secondary N) is 1. The van der Waals surface area contributed by atoms with E-state index in [0.717, 1.165) is 12.1 Å². The van der Waals surface area contributed by atoms with Crippen molar-refractivity contribution in [3.05, 3.63) is 30.1 Å². The predicted octanol–water partition coefficient (Wildman–Crippen LogP) is 2.30. The zero-order chi connectivity index (χ0) is 14.8. The number of ether oxygens (including phenoxy) is 1. The van der Waals surface area contributed by atoms with Crippen LogP contribution in [0.2, 0.25) is 0 Å². The van der Waals surface area contributed by atoms with Gasteiger partial charge in [0.05, 0.1) is 23.9 Å². The molecule has 0 saturated heterocycles. The number of pyridine rings is 1. The summed E-state index contributed by atoms with van der Waals surface area (Å²) in [5.74, 6) is 0. The Bertz CT molecular complexity index is 435. The molecule has 2 rings (SSSR count). The van der Waals surface area contributed by atoms with Crippen LogP contribution in [0, 0.1) is 5.41 Å². The molecule has 2 N–H and O–H groups in total. The molecule has 0 aromatic carbocycles. The molecule has 0 spiro atoms. The van der Waals surface area contributed by atoms with Gasteiger partial charge in [-0.1, -0.05) is 19.9 Å². The van der Waals surface area contributed by atoms with Crippen molar-refractivity contribution >= 4 is 0 Å². The van der Waals surface area contributed by atoms with Crippen molar-refractivity contribution in [3.63, 3.8) is 0 Å². The summed E-state index contributed by atoms with van der Waals surface area (Å²) in [5, 5.41) is 13.5. The Labute approximate surface area is 121 Å². The number of aromatic nitrogens is 1. The van der Waals surface area contributed by atoms with Gasteiger partial charge in [-0.3, -0.25) is 4.98 Å². The van der Waals surface area contributed by atoms with Crippen molar-refractivity contribution in [2.24, 2.45) is 5.41 Å². The van der Waals surface area contributed by atoms with E-state index in [2.05, 4.69) is 31.1 Å². The third-order valence-electron chi connectivity index (χ3n) is 4.83. The number of nitrogens with zero attached hydrogens (tertiary/aromatic N) is 1. The summed E-state index contributed by atoms with van der Waals surface area (Å²) in [4.78, 5) is 4.38. The highest BCUT2D eigenvalue weighted by Crippen LogP contribution is 2.51. The summed E-state index contributed by atoms with van der Waals surface area (Å²) < 4.78 is 5.77. The second kappa shape index (κ2) is 5.80. The van der Waals surface area contributed by atoms with Gasteiger partial charge in [0.2, 0.25) is 0 Å². The van der Waals surface area contributed by atoms with Gasteiger partial charge < -0.3 is 15.2 Å². The van der Waals surface area contributed by atoms with Crippen molar-refractivity contribution in [2.75, 3.05) is 13.2 Å². The maximum Gasteiger partial charge on any atom is 0.0663 e. The quantitative estimate of drug-likeness (QED) is 0.838. The molecular formula is C16H26N2O2. The van der Waals surface area contributed by atoms with E-state index in [-0.39, 0.29) is 29.7 Å². The molecule has 0 radical (unpaired) electrons. The molecule has 112 valence electrons. The van der Waals surface area contributed by atoms with Crippen LogP contribution >= 0.6 is 0 Å². The fourth-order valence-electron chi connectivity index (χ4n) is 3.16. The third-order valence-corrected chi connectivity index (χ3v) is 4.83. The first-order valence-electron chi connectivity index (χ1n) is 7.38. The summed E-state index contributed by atoms with van der Waals surface area (Å²) in [6.07, 6.45) is 2.83. The fourth-order valence-corrected chi connectivity index (χ4v) is 3.16. The number of aliphatic hydroxyl groups is 1. The van der Waals surface area contributed by atoms with Crippen LogP contribution in [0.25, 0.3) is 0 Å². The molecule has 1 aliphatic rings. The van der Waals surface area contributed by atoms with Gasteiger partial charge in [0.15, 0.2) is 0 Å². The number of hydrogen-bond donors (Lipinski definition) is 2. The van der Waals surface area contributed by atoms with Crippen LogP contribution < -0.4 is 5.32 Å². The van der Waals surface area contributed by atoms with Crippen molar-refractivity contribution in [3.8, 4) is 0 Å². The molecule has 0 unspecified atom stereocenters. The highest BCUT2D eigenvalue weighted by Gasteiger charge is 2.60. The minimum absolute atomic E-state index is 0.0964. The second-order valence-electron chi connectivity index (χ2n) is 6.23. The largest absolute Gasteiger partial charge is 0.394 e. The molecule has 1 heterocycles. The average Bonchev–Trinajstić information content (AvgIpc) is 2.46. The Morgan fingerprint density at radius 3 is 2.75 bits per heavy atom. The van der Waals surface area contributed by atoms with E-state index < -0.39 is 0 Å². The van der Waals surface area contributed by atoms with Crippen molar-refractivity contribution in [1.82, 2.24) is 10.3 Å². The van der Waals surface area contributed by atoms with Gasteiger partial charge >= 0.3 is 0 Å². The van der Waals surface area contributed by atoms with Crippen LogP contribution in [0.1, 0.15) is 45.9 Å². The smallest absolute Gasteiger partial charge is 0.0663 e. The summed E-state index contributed by atoms with van der Waals surface area (Å²) in [6.45, 7) is 9.24. The van der Waals surface area contributed by atoms with Gasteiger partial charge in [-0.2, -0.15) is 0 Å². The van der Waals surface area contributed by atoms with E-state index in [0.29, 0.717) is 6.61 Å². The minimum Gasteiger partial charge on any atom is -0.394 e. The molecule has 4 heteroatoms. The highest BCUT2D eigenvalue weighted by molar-refractivity contribution is 5.18. The number of aliphatic hydroxyl groups excluding tert-OH is 1. The topological polar surface area (TPSA) is 54.4 Å². The minimum atomic E-state index is -0.302. The van der Waals surface area contributed by atoms with E-state index >= 15 is 0 Å². The van der Waals surface area contributed by atoms with Crippen LogP contribution in [0.5, 0.6) is 0 Å². The highest BCUT2D eigenvalue weighted by atomic mass is 16.5. The molecule has 0 bridgehead atoms. The molecule has 20 heavy (non-hydrogen) atoms. The standard InChI is InChI=1S/C16H26N2O2/c1-5-20-14-10-16(11-19,15(14,3)4)18-12(2)13-8-6-7-9-17-13/h6-9,12,14,18-19H,5,10-11H2,1-4H3/t12-,14+,16+/m0/s1. The van der Waals surface area contributed by atoms with Gasteiger partial charge in [-0.25, -0.2) is 0 Å². The lowest BCUT2D eigenvalue weighted by Crippen LogP contribution is -2.73. The Morgan fingerprint density at radius 2 is 2.25 bits per heavy atom. The first-order valence-corrected chi connectivity index (χ1v) is 7.38. The molecular weight excluding hydrogens is 252 g/mol. The SMILES string of the molecule is CCO[C@@H]1C[C@](CO)(N[C@@H](C)c2ccccn2)C1(C)C. The van der Waals surface area contributed by atoms with E-state index in [4.69, 9.17) is 4.74 Å². The molecule has 0 amide bonds. The van der Waals surface area contributed by atoms with E-state index in [9.17, 15) is 5.11 Å². The van der Waals surface area contributed by atoms with Gasteiger partial charge in [0, 0.05) is 24.3 Å². The Kier molecular flexibility index (Phi) is 4.47. The summed E-state index contributed by atoms with van der Waals surface area (Å²) in [7, 11) is 0. The van der Waals surface area contributed by atoms with Crippen molar-refractivity contribution < 1.29 is 9.84 Å². The van der Waals surface area contributed by atoms with Crippen molar-refractivity contribution in [2.45, 2.75) is 51.8 Å². The summed E-state index contributed by atoms with van der Waals surface area (Å²) >= 11 is 0. The van der Waals surface area contributed by atoms with Crippen LogP contribution in [0.4, 0.5) is 0 Å². The molecule has 4 nitrogen and oxygen atoms in total. The average molecular weight is 278 g/mol. The molecule has 1 aromatic heterocycles. The molecule has 1 aliphatic carbocycles. The van der Waals surface area contributed by atoms with Crippen LogP contribution in [0.15, 0.2) is 24.4 Å². The summed E-state index contributed by atoms with van der Waals surface area (Å²) in [5.41, 5.74) is 0.598. The lowest BCUT2D eigenvalue weighted by molar-refractivity contribution is -0.180. The van der Waals surface area contributed by atoms with Crippen molar-refractivity contribution in [1.29, 1.82) is 0 Å². The molecule has 1 fully saturated rings. The monoisotopic (exact) mass is 278 g/mol. The van der Waals surface area contributed by atoms with E-state index in [1.54, 1.807) is 6.20 Å². The fraction of sp³-hybridized carbons (Fsp3) is 0.688. The number of rotatable bonds is 6.